The van der Waals surface area contributed by atoms with Gasteiger partial charge in [0, 0.05) is 5.02 Å². The van der Waals surface area contributed by atoms with Crippen LogP contribution in [0, 0.1) is 5.92 Å². The highest BCUT2D eigenvalue weighted by Gasteiger charge is 2.02. The summed E-state index contributed by atoms with van der Waals surface area (Å²) in [4.78, 5) is 0. The van der Waals surface area contributed by atoms with E-state index in [1.165, 1.54) is 12.0 Å². The Morgan fingerprint density at radius 1 is 1.27 bits per heavy atom. The molecule has 84 valence electrons. The van der Waals surface area contributed by atoms with Crippen molar-refractivity contribution in [2.24, 2.45) is 5.92 Å². The van der Waals surface area contributed by atoms with Crippen molar-refractivity contribution in [3.05, 3.63) is 34.9 Å². The van der Waals surface area contributed by atoms with E-state index in [0.717, 1.165) is 24.5 Å². The predicted octanol–water partition coefficient (Wildman–Crippen LogP) is 3.52. The van der Waals surface area contributed by atoms with Gasteiger partial charge in [0.25, 0.3) is 0 Å². The fourth-order valence-electron chi connectivity index (χ4n) is 1.62. The second-order valence-electron chi connectivity index (χ2n) is 4.14. The van der Waals surface area contributed by atoms with Crippen molar-refractivity contribution < 1.29 is 0 Å². The molecule has 1 aromatic rings. The Balaban J connectivity index is 2.31. The molecular formula is C13H20ClN. The van der Waals surface area contributed by atoms with Gasteiger partial charge in [-0.2, -0.15) is 0 Å². The lowest BCUT2D eigenvalue weighted by Gasteiger charge is -2.12. The quantitative estimate of drug-likeness (QED) is 0.731. The van der Waals surface area contributed by atoms with Crippen LogP contribution in [-0.4, -0.2) is 13.1 Å². The zero-order chi connectivity index (χ0) is 11.1. The van der Waals surface area contributed by atoms with Gasteiger partial charge in [-0.15, -0.1) is 0 Å². The van der Waals surface area contributed by atoms with Crippen molar-refractivity contribution in [3.63, 3.8) is 0 Å². The maximum absolute atomic E-state index is 5.84. The van der Waals surface area contributed by atoms with Crippen LogP contribution in [-0.2, 0) is 6.42 Å². The molecule has 1 aromatic carbocycles. The summed E-state index contributed by atoms with van der Waals surface area (Å²) in [7, 11) is 0. The fraction of sp³-hybridized carbons (Fsp3) is 0.538. The van der Waals surface area contributed by atoms with Crippen LogP contribution in [0.2, 0.25) is 5.02 Å². The Labute approximate surface area is 97.8 Å². The third-order valence-corrected chi connectivity index (χ3v) is 2.67. The molecule has 0 heterocycles. The number of hydrogen-bond donors (Lipinski definition) is 1. The highest BCUT2D eigenvalue weighted by atomic mass is 35.5. The van der Waals surface area contributed by atoms with E-state index in [2.05, 4.69) is 31.3 Å². The van der Waals surface area contributed by atoms with Gasteiger partial charge in [-0.25, -0.2) is 0 Å². The lowest BCUT2D eigenvalue weighted by molar-refractivity contribution is 0.511. The minimum absolute atomic E-state index is 0.678. The Morgan fingerprint density at radius 2 is 1.93 bits per heavy atom. The first-order valence-corrected chi connectivity index (χ1v) is 6.05. The summed E-state index contributed by atoms with van der Waals surface area (Å²) < 4.78 is 0. The van der Waals surface area contributed by atoms with Gasteiger partial charge in [-0.3, -0.25) is 0 Å². The normalized spacial score (nSPS) is 12.7. The van der Waals surface area contributed by atoms with E-state index < -0.39 is 0 Å². The molecule has 2 heteroatoms. The van der Waals surface area contributed by atoms with Gasteiger partial charge in [0.1, 0.15) is 0 Å². The summed E-state index contributed by atoms with van der Waals surface area (Å²) in [5, 5.41) is 4.26. The van der Waals surface area contributed by atoms with Crippen LogP contribution in [0.15, 0.2) is 24.3 Å². The van der Waals surface area contributed by atoms with Crippen molar-refractivity contribution in [3.8, 4) is 0 Å². The van der Waals surface area contributed by atoms with Crippen LogP contribution < -0.4 is 5.32 Å². The van der Waals surface area contributed by atoms with Crippen molar-refractivity contribution >= 4 is 11.6 Å². The standard InChI is InChI=1S/C13H20ClN/c1-3-8-15-10-11(2)9-12-4-6-13(14)7-5-12/h4-7,11,15H,3,8-10H2,1-2H3. The molecule has 15 heavy (non-hydrogen) atoms. The monoisotopic (exact) mass is 225 g/mol. The van der Waals surface area contributed by atoms with Crippen LogP contribution in [0.4, 0.5) is 0 Å². The van der Waals surface area contributed by atoms with Crippen LogP contribution in [0.1, 0.15) is 25.8 Å². The lowest BCUT2D eigenvalue weighted by Crippen LogP contribution is -2.23. The third-order valence-electron chi connectivity index (χ3n) is 2.42. The Morgan fingerprint density at radius 3 is 2.53 bits per heavy atom. The fourth-order valence-corrected chi connectivity index (χ4v) is 1.75. The summed E-state index contributed by atoms with van der Waals surface area (Å²) in [6.07, 6.45) is 2.32. The molecule has 0 aliphatic heterocycles. The summed E-state index contributed by atoms with van der Waals surface area (Å²) >= 11 is 5.84. The van der Waals surface area contributed by atoms with Crippen molar-refractivity contribution in [2.45, 2.75) is 26.7 Å². The van der Waals surface area contributed by atoms with Crippen LogP contribution in [0.25, 0.3) is 0 Å². The molecule has 0 amide bonds. The summed E-state index contributed by atoms with van der Waals surface area (Å²) in [5.41, 5.74) is 1.37. The van der Waals surface area contributed by atoms with Gasteiger partial charge in [0.2, 0.25) is 0 Å². The average Bonchev–Trinajstić information content (AvgIpc) is 2.22. The van der Waals surface area contributed by atoms with E-state index in [1.807, 2.05) is 12.1 Å². The van der Waals surface area contributed by atoms with E-state index in [-0.39, 0.29) is 0 Å². The number of hydrogen-bond acceptors (Lipinski definition) is 1. The highest BCUT2D eigenvalue weighted by molar-refractivity contribution is 6.30. The van der Waals surface area contributed by atoms with E-state index in [1.54, 1.807) is 0 Å². The molecule has 0 spiro atoms. The Hall–Kier alpha value is -0.530. The van der Waals surface area contributed by atoms with Gasteiger partial charge in [0.05, 0.1) is 0 Å². The second-order valence-corrected chi connectivity index (χ2v) is 4.58. The summed E-state index contributed by atoms with van der Waals surface area (Å²) in [6, 6.07) is 8.14. The van der Waals surface area contributed by atoms with E-state index in [9.17, 15) is 0 Å². The maximum atomic E-state index is 5.84. The molecule has 1 nitrogen and oxygen atoms in total. The molecule has 0 radical (unpaired) electrons. The maximum Gasteiger partial charge on any atom is 0.0406 e. The number of rotatable bonds is 6. The molecule has 1 unspecified atom stereocenters. The number of benzene rings is 1. The summed E-state index contributed by atoms with van der Waals surface area (Å²) in [6.45, 7) is 6.68. The molecule has 0 fully saturated rings. The lowest BCUT2D eigenvalue weighted by atomic mass is 10.0. The average molecular weight is 226 g/mol. The zero-order valence-electron chi connectivity index (χ0n) is 9.59. The van der Waals surface area contributed by atoms with E-state index >= 15 is 0 Å². The second kappa shape index (κ2) is 6.86. The Bertz CT molecular complexity index is 268. The molecule has 1 atom stereocenters. The van der Waals surface area contributed by atoms with Crippen LogP contribution >= 0.6 is 11.6 Å². The first-order valence-electron chi connectivity index (χ1n) is 5.67. The third kappa shape index (κ3) is 5.19. The predicted molar refractivity (Wildman–Crippen MR) is 67.5 cm³/mol. The van der Waals surface area contributed by atoms with Crippen LogP contribution in [0.5, 0.6) is 0 Å². The van der Waals surface area contributed by atoms with Gasteiger partial charge in [0.15, 0.2) is 0 Å². The topological polar surface area (TPSA) is 12.0 Å². The van der Waals surface area contributed by atoms with Crippen molar-refractivity contribution in [1.82, 2.24) is 5.32 Å². The first-order chi connectivity index (χ1) is 7.22. The minimum atomic E-state index is 0.678. The molecule has 1 rings (SSSR count). The van der Waals surface area contributed by atoms with Crippen molar-refractivity contribution in [1.29, 1.82) is 0 Å². The first kappa shape index (κ1) is 12.5. The van der Waals surface area contributed by atoms with Gasteiger partial charge in [-0.05, 0) is 49.5 Å². The molecule has 0 bridgehead atoms. The number of halogens is 1. The van der Waals surface area contributed by atoms with Gasteiger partial charge >= 0.3 is 0 Å². The smallest absolute Gasteiger partial charge is 0.0406 e. The minimum Gasteiger partial charge on any atom is -0.316 e. The molecule has 0 saturated carbocycles. The largest absolute Gasteiger partial charge is 0.316 e. The van der Waals surface area contributed by atoms with Gasteiger partial charge < -0.3 is 5.32 Å². The van der Waals surface area contributed by atoms with E-state index in [0.29, 0.717) is 5.92 Å². The summed E-state index contributed by atoms with van der Waals surface area (Å²) in [5.74, 6) is 0.678. The molecule has 1 N–H and O–H groups in total. The zero-order valence-corrected chi connectivity index (χ0v) is 10.3. The SMILES string of the molecule is CCCNCC(C)Cc1ccc(Cl)cc1. The molecule has 0 saturated heterocycles. The van der Waals surface area contributed by atoms with E-state index in [4.69, 9.17) is 11.6 Å². The number of nitrogens with one attached hydrogen (secondary N) is 1. The van der Waals surface area contributed by atoms with Gasteiger partial charge in [-0.1, -0.05) is 37.6 Å². The highest BCUT2D eigenvalue weighted by Crippen LogP contribution is 2.12. The van der Waals surface area contributed by atoms with Crippen LogP contribution in [0.3, 0.4) is 0 Å². The molecule has 0 aromatic heterocycles. The Kier molecular flexibility index (Phi) is 5.74. The van der Waals surface area contributed by atoms with Crippen molar-refractivity contribution in [2.75, 3.05) is 13.1 Å². The molecule has 0 aliphatic carbocycles. The molecule has 0 aliphatic rings. The molecular weight excluding hydrogens is 206 g/mol.